The van der Waals surface area contributed by atoms with Crippen molar-refractivity contribution in [1.82, 2.24) is 14.1 Å². The van der Waals surface area contributed by atoms with Crippen molar-refractivity contribution in [3.63, 3.8) is 0 Å². The fraction of sp³-hybridized carbons (Fsp3) is 0.378. The first kappa shape index (κ1) is 50.7. The van der Waals surface area contributed by atoms with Gasteiger partial charge in [0.2, 0.25) is 33.8 Å². The standard InChI is InChI=1S/C45H50Cl3N7O8S3/c1-5-7-8-9-10-11-12-13-14-15-20-49-66(60,61)41-26-34(47)32(25-35(41)48)42(44-52-37-21-29(46)16-19-40(37)62-44)63-43-38(50-27(3)56)22-30(23-39(43)51-28(4)57)53-54-45-33-24-31(65(58,59)6-2)17-18-36(33)55-64-45/h16-19,21-26,42,49H,5-15,20H2,1-4H3,(H,50,56)(H,51,57). The van der Waals surface area contributed by atoms with Crippen LogP contribution in [-0.4, -0.2) is 50.3 Å². The minimum absolute atomic E-state index is 0.0231. The van der Waals surface area contributed by atoms with Crippen molar-refractivity contribution in [3.8, 4) is 5.75 Å². The monoisotopic (exact) mass is 1020 g/mol. The summed E-state index contributed by atoms with van der Waals surface area (Å²) in [6, 6.07) is 14.8. The van der Waals surface area contributed by atoms with Gasteiger partial charge in [-0.25, -0.2) is 26.5 Å². The Morgan fingerprint density at radius 3 is 2.06 bits per heavy atom. The van der Waals surface area contributed by atoms with E-state index in [4.69, 9.17) is 44.0 Å². The number of carbonyl (C=O) groups excluding carboxylic acids is 2. The molecule has 3 N–H and O–H groups in total. The van der Waals surface area contributed by atoms with Gasteiger partial charge in [-0.15, -0.1) is 10.2 Å². The molecule has 1 atom stereocenters. The second kappa shape index (κ2) is 22.9. The van der Waals surface area contributed by atoms with Crippen molar-refractivity contribution in [1.29, 1.82) is 0 Å². The van der Waals surface area contributed by atoms with E-state index in [2.05, 4.69) is 41.9 Å². The summed E-state index contributed by atoms with van der Waals surface area (Å²) in [6.45, 7) is 6.50. The molecule has 2 aromatic heterocycles. The van der Waals surface area contributed by atoms with E-state index in [-0.39, 0.29) is 66.4 Å². The molecular formula is C45H50Cl3N7O8S3. The largest absolute Gasteiger partial charge is 0.471 e. The first-order chi connectivity index (χ1) is 31.5. The third-order valence-electron chi connectivity index (χ3n) is 10.4. The molecule has 0 aliphatic rings. The fourth-order valence-electron chi connectivity index (χ4n) is 7.05. The van der Waals surface area contributed by atoms with E-state index in [9.17, 15) is 26.4 Å². The molecule has 6 rings (SSSR count). The molecule has 21 heteroatoms. The Bertz CT molecular complexity index is 2940. The smallest absolute Gasteiger partial charge is 0.242 e. The molecule has 1 unspecified atom stereocenters. The molecule has 2 heterocycles. The van der Waals surface area contributed by atoms with Crippen LogP contribution in [0.3, 0.4) is 0 Å². The summed E-state index contributed by atoms with van der Waals surface area (Å²) >= 11 is 21.0. The highest BCUT2D eigenvalue weighted by Gasteiger charge is 2.31. The van der Waals surface area contributed by atoms with E-state index in [1.165, 1.54) is 88.8 Å². The number of nitrogens with one attached hydrogen (secondary N) is 3. The number of hydrogen-bond acceptors (Lipinski definition) is 13. The number of amides is 2. The molecule has 6 aromatic rings. The first-order valence-corrected chi connectivity index (χ1v) is 26.5. The second-order valence-electron chi connectivity index (χ2n) is 15.5. The molecule has 0 saturated carbocycles. The van der Waals surface area contributed by atoms with E-state index >= 15 is 0 Å². The summed E-state index contributed by atoms with van der Waals surface area (Å²) < 4.78 is 72.3. The predicted octanol–water partition coefficient (Wildman–Crippen LogP) is 12.9. The summed E-state index contributed by atoms with van der Waals surface area (Å²) in [5.41, 5.74) is 1.52. The van der Waals surface area contributed by atoms with Gasteiger partial charge in [0.15, 0.2) is 26.2 Å². The van der Waals surface area contributed by atoms with E-state index in [0.29, 0.717) is 38.4 Å². The summed E-state index contributed by atoms with van der Waals surface area (Å²) in [6.07, 6.45) is 9.64. The Labute approximate surface area is 403 Å². The minimum Gasteiger partial charge on any atom is -0.471 e. The number of carbonyl (C=O) groups is 2. The molecule has 0 bridgehead atoms. The number of nitrogens with zero attached hydrogens (tertiary/aromatic N) is 4. The number of halogens is 3. The number of anilines is 2. The summed E-state index contributed by atoms with van der Waals surface area (Å²) in [5, 5.41) is 15.1. The van der Waals surface area contributed by atoms with E-state index in [0.717, 1.165) is 30.8 Å². The predicted molar refractivity (Wildman–Crippen MR) is 262 cm³/mol. The molecule has 0 aliphatic heterocycles. The van der Waals surface area contributed by atoms with Crippen LogP contribution in [0, 0.1) is 0 Å². The van der Waals surface area contributed by atoms with E-state index in [1.54, 1.807) is 31.2 Å². The van der Waals surface area contributed by atoms with Gasteiger partial charge in [-0.3, -0.25) is 9.59 Å². The lowest BCUT2D eigenvalue weighted by atomic mass is 10.1. The number of azo groups is 1. The molecule has 0 aliphatic carbocycles. The van der Waals surface area contributed by atoms with E-state index < -0.39 is 37.8 Å². The van der Waals surface area contributed by atoms with Crippen LogP contribution in [0.1, 0.15) is 109 Å². The first-order valence-electron chi connectivity index (χ1n) is 21.5. The van der Waals surface area contributed by atoms with Crippen molar-refractivity contribution in [2.45, 2.75) is 108 Å². The van der Waals surface area contributed by atoms with Gasteiger partial charge in [0.25, 0.3) is 0 Å². The number of rotatable bonds is 23. The molecule has 15 nitrogen and oxygen atoms in total. The SMILES string of the molecule is CCCCCCCCCCCCNS(=O)(=O)c1cc(Cl)c(C(Oc2c(NC(C)=O)cc(N=Nc3snc4ccc(S(=O)(=O)CC)cc34)cc2NC(C)=O)c2nc3cc(Cl)ccc3o2)cc1Cl. The number of aromatic nitrogens is 2. The Morgan fingerprint density at radius 1 is 0.773 bits per heavy atom. The summed E-state index contributed by atoms with van der Waals surface area (Å²) in [7, 11) is -7.64. The number of unbranched alkanes of at least 4 members (excludes halogenated alkanes) is 9. The van der Waals surface area contributed by atoms with Gasteiger partial charge < -0.3 is 19.8 Å². The number of oxazole rings is 1. The Kier molecular flexibility index (Phi) is 17.6. The molecule has 66 heavy (non-hydrogen) atoms. The zero-order valence-corrected chi connectivity index (χ0v) is 41.5. The second-order valence-corrected chi connectivity index (χ2v) is 21.6. The van der Waals surface area contributed by atoms with Crippen LogP contribution in [0.5, 0.6) is 5.75 Å². The number of sulfone groups is 1. The lowest BCUT2D eigenvalue weighted by Crippen LogP contribution is -2.25. The molecule has 2 amide bonds. The van der Waals surface area contributed by atoms with Crippen molar-refractivity contribution in [2.75, 3.05) is 22.9 Å². The number of benzene rings is 4. The van der Waals surface area contributed by atoms with Gasteiger partial charge in [-0.2, -0.15) is 4.37 Å². The number of sulfonamides is 1. The third kappa shape index (κ3) is 13.0. The van der Waals surface area contributed by atoms with Crippen LogP contribution >= 0.6 is 46.3 Å². The van der Waals surface area contributed by atoms with Gasteiger partial charge >= 0.3 is 0 Å². The highest BCUT2D eigenvalue weighted by atomic mass is 35.5. The fourth-order valence-corrected chi connectivity index (χ4v) is 10.8. The highest BCUT2D eigenvalue weighted by Crippen LogP contribution is 2.45. The number of ether oxygens (including phenoxy) is 1. The quantitative estimate of drug-likeness (QED) is 0.0408. The van der Waals surface area contributed by atoms with Crippen LogP contribution in [0.4, 0.5) is 22.1 Å². The normalized spacial score (nSPS) is 12.6. The lowest BCUT2D eigenvalue weighted by molar-refractivity contribution is -0.115. The Hall–Kier alpha value is -4.69. The van der Waals surface area contributed by atoms with Crippen molar-refractivity contribution >= 4 is 122 Å². The molecule has 352 valence electrons. The molecule has 0 radical (unpaired) electrons. The van der Waals surface area contributed by atoms with Crippen LogP contribution in [0.25, 0.3) is 22.0 Å². The van der Waals surface area contributed by atoms with Crippen molar-refractivity contribution in [2.24, 2.45) is 10.2 Å². The average Bonchev–Trinajstić information content (AvgIpc) is 3.88. The van der Waals surface area contributed by atoms with Gasteiger partial charge in [0.05, 0.1) is 38.2 Å². The maximum absolute atomic E-state index is 13.6. The maximum atomic E-state index is 13.6. The number of fused-ring (bicyclic) bond motifs is 2. The molecule has 0 saturated heterocycles. The topological polar surface area (TPSA) is 211 Å². The molecular weight excluding hydrogens is 969 g/mol. The summed E-state index contributed by atoms with van der Waals surface area (Å²) in [4.78, 5) is 30.0. The van der Waals surface area contributed by atoms with Crippen LogP contribution in [-0.2, 0) is 29.4 Å². The zero-order chi connectivity index (χ0) is 47.6. The molecule has 0 spiro atoms. The molecule has 4 aromatic carbocycles. The maximum Gasteiger partial charge on any atom is 0.242 e. The van der Waals surface area contributed by atoms with E-state index in [1.807, 2.05) is 0 Å². The van der Waals surface area contributed by atoms with Gasteiger partial charge in [-0.1, -0.05) is 106 Å². The van der Waals surface area contributed by atoms with Crippen LogP contribution in [0.2, 0.25) is 15.1 Å². The molecule has 0 fully saturated rings. The highest BCUT2D eigenvalue weighted by molar-refractivity contribution is 7.91. The van der Waals surface area contributed by atoms with Crippen molar-refractivity contribution in [3.05, 3.63) is 87.2 Å². The van der Waals surface area contributed by atoms with Crippen LogP contribution < -0.4 is 20.1 Å². The van der Waals surface area contributed by atoms with Gasteiger partial charge in [-0.05, 0) is 78.6 Å². The van der Waals surface area contributed by atoms with Gasteiger partial charge in [0, 0.05) is 41.4 Å². The summed E-state index contributed by atoms with van der Waals surface area (Å²) in [5.74, 6) is -1.29. The number of hydrogen-bond donors (Lipinski definition) is 3. The van der Waals surface area contributed by atoms with Crippen LogP contribution in [0.15, 0.2) is 85.1 Å². The zero-order valence-electron chi connectivity index (χ0n) is 36.7. The lowest BCUT2D eigenvalue weighted by Gasteiger charge is -2.23. The average molecular weight is 1020 g/mol. The Balaban J connectivity index is 1.34. The minimum atomic E-state index is -4.11. The van der Waals surface area contributed by atoms with Gasteiger partial charge in [0.1, 0.15) is 10.4 Å². The van der Waals surface area contributed by atoms with Crippen molar-refractivity contribution < 1.29 is 35.6 Å². The third-order valence-corrected chi connectivity index (χ3v) is 15.4. The Morgan fingerprint density at radius 2 is 1.42 bits per heavy atom.